The van der Waals surface area contributed by atoms with Crippen LogP contribution in [0.1, 0.15) is 11.1 Å². The molecule has 0 aliphatic rings. The van der Waals surface area contributed by atoms with Crippen molar-refractivity contribution >= 4 is 11.8 Å². The number of para-hydroxylation sites is 1. The zero-order valence-corrected chi connectivity index (χ0v) is 13.5. The van der Waals surface area contributed by atoms with E-state index in [4.69, 9.17) is 4.74 Å². The van der Waals surface area contributed by atoms with Gasteiger partial charge in [0.05, 0.1) is 11.5 Å². The second-order valence-corrected chi connectivity index (χ2v) is 5.40. The Balaban J connectivity index is 2.15. The van der Waals surface area contributed by atoms with Gasteiger partial charge in [0.25, 0.3) is 5.69 Å². The molecule has 6 nitrogen and oxygen atoms in total. The zero-order valence-electron chi connectivity index (χ0n) is 13.5. The Morgan fingerprint density at radius 3 is 2.31 bits per heavy atom. The summed E-state index contributed by atoms with van der Waals surface area (Å²) in [6.07, 6.45) is -5.88. The maximum absolute atomic E-state index is 12.8. The fraction of sp³-hybridized carbons (Fsp3) is 0.235. The Kier molecular flexibility index (Phi) is 6.16. The van der Waals surface area contributed by atoms with E-state index in [1.54, 1.807) is 30.3 Å². The third-order valence-corrected chi connectivity index (χ3v) is 3.38. The van der Waals surface area contributed by atoms with Gasteiger partial charge in [-0.25, -0.2) is 4.79 Å². The van der Waals surface area contributed by atoms with E-state index in [-0.39, 0.29) is 17.9 Å². The fourth-order valence-corrected chi connectivity index (χ4v) is 2.24. The van der Waals surface area contributed by atoms with Gasteiger partial charge >= 0.3 is 12.3 Å². The smallest absolute Gasteiger partial charge is 0.410 e. The highest BCUT2D eigenvalue weighted by molar-refractivity contribution is 5.68. The number of ether oxygens (including phenoxy) is 1. The number of amides is 1. The van der Waals surface area contributed by atoms with Crippen molar-refractivity contribution in [3.8, 4) is 0 Å². The fourth-order valence-electron chi connectivity index (χ4n) is 2.24. The monoisotopic (exact) mass is 368 g/mol. The molecule has 0 N–H and O–H groups in total. The van der Waals surface area contributed by atoms with Crippen molar-refractivity contribution in [2.24, 2.45) is 0 Å². The lowest BCUT2D eigenvalue weighted by atomic mass is 10.1. The Labute approximate surface area is 146 Å². The van der Waals surface area contributed by atoms with Crippen LogP contribution in [-0.2, 0) is 17.9 Å². The third-order valence-electron chi connectivity index (χ3n) is 3.38. The second kappa shape index (κ2) is 8.32. The van der Waals surface area contributed by atoms with Crippen molar-refractivity contribution in [3.05, 3.63) is 75.8 Å². The summed E-state index contributed by atoms with van der Waals surface area (Å²) in [6, 6.07) is 13.8. The number of hydrogen-bond acceptors (Lipinski definition) is 4. The molecule has 26 heavy (non-hydrogen) atoms. The van der Waals surface area contributed by atoms with Crippen LogP contribution in [0.15, 0.2) is 54.6 Å². The SMILES string of the molecule is O=C(OCc1ccccc1)N(Cc1ccccc1[N+](=O)[O-])CC(F)(F)F. The quantitative estimate of drug-likeness (QED) is 0.563. The minimum absolute atomic E-state index is 0.0154. The van der Waals surface area contributed by atoms with Crippen LogP contribution < -0.4 is 0 Å². The molecule has 2 aromatic carbocycles. The van der Waals surface area contributed by atoms with Crippen LogP contribution in [0.25, 0.3) is 0 Å². The number of benzene rings is 2. The van der Waals surface area contributed by atoms with Gasteiger partial charge in [0.15, 0.2) is 0 Å². The molecule has 138 valence electrons. The molecule has 0 aromatic heterocycles. The lowest BCUT2D eigenvalue weighted by Crippen LogP contribution is -2.38. The summed E-state index contributed by atoms with van der Waals surface area (Å²) in [6.45, 7) is -2.37. The number of carbonyl (C=O) groups is 1. The van der Waals surface area contributed by atoms with Gasteiger partial charge in [0.1, 0.15) is 13.2 Å². The number of nitrogens with zero attached hydrogens (tertiary/aromatic N) is 2. The predicted molar refractivity (Wildman–Crippen MR) is 86.2 cm³/mol. The average molecular weight is 368 g/mol. The highest BCUT2D eigenvalue weighted by Gasteiger charge is 2.34. The molecule has 0 spiro atoms. The lowest BCUT2D eigenvalue weighted by molar-refractivity contribution is -0.385. The van der Waals surface area contributed by atoms with Gasteiger partial charge < -0.3 is 4.74 Å². The molecule has 0 atom stereocenters. The summed E-state index contributed by atoms with van der Waals surface area (Å²) in [4.78, 5) is 22.8. The Morgan fingerprint density at radius 1 is 1.08 bits per heavy atom. The van der Waals surface area contributed by atoms with E-state index in [0.29, 0.717) is 10.5 Å². The molecule has 0 saturated heterocycles. The summed E-state index contributed by atoms with van der Waals surface area (Å²) < 4.78 is 43.3. The van der Waals surface area contributed by atoms with Crippen LogP contribution in [0.5, 0.6) is 0 Å². The molecule has 2 rings (SSSR count). The lowest BCUT2D eigenvalue weighted by Gasteiger charge is -2.23. The number of nitro benzene ring substituents is 1. The maximum Gasteiger partial charge on any atom is 0.410 e. The van der Waals surface area contributed by atoms with Gasteiger partial charge in [0.2, 0.25) is 0 Å². The largest absolute Gasteiger partial charge is 0.445 e. The van der Waals surface area contributed by atoms with E-state index >= 15 is 0 Å². The normalized spacial score (nSPS) is 11.0. The zero-order chi connectivity index (χ0) is 19.2. The summed E-state index contributed by atoms with van der Waals surface area (Å²) in [5.41, 5.74) is 0.229. The minimum Gasteiger partial charge on any atom is -0.445 e. The molecular formula is C17H15F3N2O4. The number of rotatable bonds is 6. The Hall–Kier alpha value is -3.10. The molecule has 9 heteroatoms. The first kappa shape index (κ1) is 19.2. The van der Waals surface area contributed by atoms with Gasteiger partial charge in [-0.05, 0) is 5.56 Å². The van der Waals surface area contributed by atoms with Crippen molar-refractivity contribution < 1.29 is 27.6 Å². The van der Waals surface area contributed by atoms with Crippen molar-refractivity contribution in [1.29, 1.82) is 0 Å². The van der Waals surface area contributed by atoms with Gasteiger partial charge in [-0.3, -0.25) is 15.0 Å². The van der Waals surface area contributed by atoms with E-state index in [1.165, 1.54) is 18.2 Å². The molecule has 0 unspecified atom stereocenters. The Bertz CT molecular complexity index is 766. The highest BCUT2D eigenvalue weighted by atomic mass is 19.4. The van der Waals surface area contributed by atoms with Crippen LogP contribution in [-0.4, -0.2) is 28.6 Å². The van der Waals surface area contributed by atoms with E-state index in [1.807, 2.05) is 0 Å². The number of hydrogen-bond donors (Lipinski definition) is 0. The Morgan fingerprint density at radius 2 is 1.69 bits per heavy atom. The maximum atomic E-state index is 12.8. The van der Waals surface area contributed by atoms with Crippen molar-refractivity contribution in [2.45, 2.75) is 19.3 Å². The number of nitro groups is 1. The summed E-state index contributed by atoms with van der Waals surface area (Å²) in [5.74, 6) is 0. The van der Waals surface area contributed by atoms with E-state index in [9.17, 15) is 28.1 Å². The summed E-state index contributed by atoms with van der Waals surface area (Å²) >= 11 is 0. The molecule has 1 amide bonds. The first-order chi connectivity index (χ1) is 12.3. The minimum atomic E-state index is -4.67. The van der Waals surface area contributed by atoms with Gasteiger partial charge in [0, 0.05) is 11.6 Å². The molecule has 0 aliphatic carbocycles. The van der Waals surface area contributed by atoms with Crippen molar-refractivity contribution in [3.63, 3.8) is 0 Å². The predicted octanol–water partition coefficient (Wildman–Crippen LogP) is 4.30. The molecule has 0 bridgehead atoms. The van der Waals surface area contributed by atoms with Crippen LogP contribution in [0, 0.1) is 10.1 Å². The summed E-state index contributed by atoms with van der Waals surface area (Å²) in [7, 11) is 0. The average Bonchev–Trinajstić information content (AvgIpc) is 2.59. The standard InChI is InChI=1S/C17H15F3N2O4/c18-17(19,20)12-21(10-14-8-4-5-9-15(14)22(24)25)16(23)26-11-13-6-2-1-3-7-13/h1-9H,10-12H2. The van der Waals surface area contributed by atoms with Crippen LogP contribution in [0.4, 0.5) is 23.7 Å². The van der Waals surface area contributed by atoms with E-state index in [2.05, 4.69) is 0 Å². The van der Waals surface area contributed by atoms with Crippen LogP contribution >= 0.6 is 0 Å². The number of halogens is 3. The van der Waals surface area contributed by atoms with E-state index in [0.717, 1.165) is 6.07 Å². The van der Waals surface area contributed by atoms with Gasteiger partial charge in [-0.1, -0.05) is 48.5 Å². The van der Waals surface area contributed by atoms with Gasteiger partial charge in [-0.15, -0.1) is 0 Å². The third kappa shape index (κ3) is 5.76. The molecule has 0 saturated carbocycles. The summed E-state index contributed by atoms with van der Waals surface area (Å²) in [5, 5.41) is 11.0. The van der Waals surface area contributed by atoms with Gasteiger partial charge in [-0.2, -0.15) is 13.2 Å². The topological polar surface area (TPSA) is 72.7 Å². The first-order valence-electron chi connectivity index (χ1n) is 7.51. The van der Waals surface area contributed by atoms with Crippen molar-refractivity contribution in [1.82, 2.24) is 4.90 Å². The van der Waals surface area contributed by atoms with E-state index < -0.39 is 30.3 Å². The van der Waals surface area contributed by atoms with Crippen LogP contribution in [0.3, 0.4) is 0 Å². The van der Waals surface area contributed by atoms with Crippen LogP contribution in [0.2, 0.25) is 0 Å². The highest BCUT2D eigenvalue weighted by Crippen LogP contribution is 2.23. The molecule has 0 radical (unpaired) electrons. The molecule has 2 aromatic rings. The molecule has 0 heterocycles. The number of carbonyl (C=O) groups excluding carboxylic acids is 1. The number of alkyl halides is 3. The molecule has 0 fully saturated rings. The molecule has 0 aliphatic heterocycles. The molecular weight excluding hydrogens is 353 g/mol. The second-order valence-electron chi connectivity index (χ2n) is 5.40. The first-order valence-corrected chi connectivity index (χ1v) is 7.51. The van der Waals surface area contributed by atoms with Crippen molar-refractivity contribution in [2.75, 3.05) is 6.54 Å².